The largest absolute Gasteiger partial charge is 0.390 e. The first-order valence-electron chi connectivity index (χ1n) is 9.28. The van der Waals surface area contributed by atoms with Gasteiger partial charge in [0, 0.05) is 63.1 Å². The fraction of sp³-hybridized carbons (Fsp3) is 0.556. The van der Waals surface area contributed by atoms with Gasteiger partial charge < -0.3 is 15.3 Å². The van der Waals surface area contributed by atoms with Crippen LogP contribution in [0.2, 0.25) is 0 Å². The molecule has 0 saturated carbocycles. The third-order valence-corrected chi connectivity index (χ3v) is 5.03. The number of anilines is 2. The zero-order valence-electron chi connectivity index (χ0n) is 14.8. The molecule has 2 fully saturated rings. The molecule has 2 aliphatic rings. The van der Waals surface area contributed by atoms with Crippen molar-refractivity contribution in [3.63, 3.8) is 0 Å². The summed E-state index contributed by atoms with van der Waals surface area (Å²) in [4.78, 5) is 21.8. The number of nitrogens with zero attached hydrogens (tertiary/aromatic N) is 6. The molecule has 4 rings (SSSR count). The van der Waals surface area contributed by atoms with Crippen LogP contribution in [0, 0.1) is 0 Å². The fourth-order valence-corrected chi connectivity index (χ4v) is 3.62. The number of rotatable bonds is 5. The van der Waals surface area contributed by atoms with Gasteiger partial charge in [0.15, 0.2) is 0 Å². The van der Waals surface area contributed by atoms with Crippen molar-refractivity contribution >= 4 is 11.9 Å². The van der Waals surface area contributed by atoms with Crippen LogP contribution in [0.4, 0.5) is 11.9 Å². The van der Waals surface area contributed by atoms with Crippen LogP contribution in [0.3, 0.4) is 0 Å². The Hall–Kier alpha value is -2.32. The number of aliphatic hydroxyl groups is 1. The Kier molecular flexibility index (Phi) is 5.21. The molecule has 2 aromatic heterocycles. The van der Waals surface area contributed by atoms with E-state index in [0.29, 0.717) is 12.5 Å². The number of hydrogen-bond acceptors (Lipinski definition) is 8. The van der Waals surface area contributed by atoms with Crippen LogP contribution in [0.15, 0.2) is 30.9 Å². The molecule has 2 N–H and O–H groups in total. The molecule has 0 spiro atoms. The summed E-state index contributed by atoms with van der Waals surface area (Å²) in [5, 5.41) is 13.7. The summed E-state index contributed by atoms with van der Waals surface area (Å²) in [6.07, 6.45) is 10.0. The second-order valence-corrected chi connectivity index (χ2v) is 7.00. The van der Waals surface area contributed by atoms with E-state index in [1.807, 2.05) is 12.4 Å². The van der Waals surface area contributed by atoms with Gasteiger partial charge in [-0.2, -0.15) is 0 Å². The van der Waals surface area contributed by atoms with Crippen molar-refractivity contribution in [2.75, 3.05) is 36.4 Å². The smallest absolute Gasteiger partial charge is 0.225 e. The number of β-amino-alcohol motifs (C(OH)–C–C–N with tert-alkyl or cyclic N) is 1. The quantitative estimate of drug-likeness (QED) is 0.818. The van der Waals surface area contributed by atoms with Gasteiger partial charge in [-0.3, -0.25) is 4.90 Å². The normalized spacial score (nSPS) is 24.0. The maximum atomic E-state index is 10.5. The summed E-state index contributed by atoms with van der Waals surface area (Å²) in [5.74, 6) is 1.40. The second-order valence-electron chi connectivity index (χ2n) is 7.00. The fourth-order valence-electron chi connectivity index (χ4n) is 3.62. The van der Waals surface area contributed by atoms with Gasteiger partial charge >= 0.3 is 0 Å². The molecular weight excluding hydrogens is 330 g/mol. The molecule has 2 aliphatic heterocycles. The molecule has 0 aliphatic carbocycles. The summed E-state index contributed by atoms with van der Waals surface area (Å²) in [7, 11) is 0. The van der Waals surface area contributed by atoms with E-state index in [2.05, 4.69) is 35.1 Å². The first-order chi connectivity index (χ1) is 12.8. The Morgan fingerprint density at radius 1 is 1.04 bits per heavy atom. The Balaban J connectivity index is 1.30. The van der Waals surface area contributed by atoms with Gasteiger partial charge in [0.05, 0.1) is 12.1 Å². The lowest BCUT2D eigenvalue weighted by molar-refractivity contribution is 0.0558. The van der Waals surface area contributed by atoms with Crippen molar-refractivity contribution in [2.24, 2.45) is 0 Å². The molecule has 0 amide bonds. The highest BCUT2D eigenvalue weighted by molar-refractivity contribution is 5.31. The van der Waals surface area contributed by atoms with Gasteiger partial charge in [-0.1, -0.05) is 0 Å². The number of aliphatic hydroxyl groups excluding tert-OH is 1. The highest BCUT2D eigenvalue weighted by Gasteiger charge is 2.28. The van der Waals surface area contributed by atoms with E-state index in [1.165, 1.54) is 12.8 Å². The number of piperidine rings is 1. The van der Waals surface area contributed by atoms with E-state index < -0.39 is 6.10 Å². The van der Waals surface area contributed by atoms with Crippen molar-refractivity contribution in [1.82, 2.24) is 24.8 Å². The third-order valence-electron chi connectivity index (χ3n) is 5.03. The molecule has 2 aromatic rings. The van der Waals surface area contributed by atoms with Gasteiger partial charge in [-0.15, -0.1) is 0 Å². The Morgan fingerprint density at radius 3 is 2.46 bits per heavy atom. The van der Waals surface area contributed by atoms with E-state index in [-0.39, 0.29) is 6.04 Å². The molecule has 138 valence electrons. The van der Waals surface area contributed by atoms with Crippen molar-refractivity contribution in [3.05, 3.63) is 36.4 Å². The van der Waals surface area contributed by atoms with Crippen molar-refractivity contribution in [1.29, 1.82) is 0 Å². The van der Waals surface area contributed by atoms with Crippen LogP contribution in [0.1, 0.15) is 24.8 Å². The molecule has 0 bridgehead atoms. The maximum absolute atomic E-state index is 10.5. The number of aromatic nitrogens is 4. The molecule has 26 heavy (non-hydrogen) atoms. The van der Waals surface area contributed by atoms with Gasteiger partial charge in [0.2, 0.25) is 11.9 Å². The van der Waals surface area contributed by atoms with E-state index in [9.17, 15) is 5.11 Å². The van der Waals surface area contributed by atoms with E-state index in [1.54, 1.807) is 18.5 Å². The average Bonchev–Trinajstić information content (AvgIpc) is 3.20. The summed E-state index contributed by atoms with van der Waals surface area (Å²) < 4.78 is 0. The van der Waals surface area contributed by atoms with Crippen LogP contribution in [-0.4, -0.2) is 68.3 Å². The molecule has 0 radical (unpaired) electrons. The molecule has 8 heteroatoms. The standard InChI is InChI=1S/C18H25N7O/c26-16-13-24(9-4-15(16)23-17-19-5-3-6-20-17)12-14-10-21-18(22-11-14)25-7-1-2-8-25/h3,5-6,10-11,15-16,26H,1-2,4,7-9,12-13H2,(H,19,20,23)/t15-,16-/m1/s1. The zero-order valence-corrected chi connectivity index (χ0v) is 14.8. The minimum absolute atomic E-state index is 0.0255. The highest BCUT2D eigenvalue weighted by atomic mass is 16.3. The predicted octanol–water partition coefficient (Wildman–Crippen LogP) is 0.914. The first kappa shape index (κ1) is 17.1. The SMILES string of the molecule is O[C@@H]1CN(Cc2cnc(N3CCCC3)nc2)CC[C@H]1Nc1ncccn1. The monoisotopic (exact) mass is 355 g/mol. The maximum Gasteiger partial charge on any atom is 0.225 e. The summed E-state index contributed by atoms with van der Waals surface area (Å²) >= 11 is 0. The second kappa shape index (κ2) is 7.92. The predicted molar refractivity (Wildman–Crippen MR) is 98.8 cm³/mol. The molecule has 8 nitrogen and oxygen atoms in total. The topological polar surface area (TPSA) is 90.3 Å². The Morgan fingerprint density at radius 2 is 1.77 bits per heavy atom. The van der Waals surface area contributed by atoms with Gasteiger partial charge in [-0.25, -0.2) is 19.9 Å². The summed E-state index contributed by atoms with van der Waals surface area (Å²) in [6, 6.07) is 1.75. The zero-order chi connectivity index (χ0) is 17.8. The van der Waals surface area contributed by atoms with E-state index in [4.69, 9.17) is 0 Å². The van der Waals surface area contributed by atoms with Crippen LogP contribution in [-0.2, 0) is 6.54 Å². The Labute approximate surface area is 153 Å². The molecular formula is C18H25N7O. The number of likely N-dealkylation sites (tertiary alicyclic amines) is 1. The van der Waals surface area contributed by atoms with Crippen molar-refractivity contribution in [3.8, 4) is 0 Å². The highest BCUT2D eigenvalue weighted by Crippen LogP contribution is 2.18. The summed E-state index contributed by atoms with van der Waals surface area (Å²) in [5.41, 5.74) is 1.08. The minimum atomic E-state index is -0.461. The van der Waals surface area contributed by atoms with Crippen molar-refractivity contribution in [2.45, 2.75) is 38.0 Å². The number of hydrogen-bond donors (Lipinski definition) is 2. The Bertz CT molecular complexity index is 690. The van der Waals surface area contributed by atoms with Crippen LogP contribution in [0.5, 0.6) is 0 Å². The molecule has 2 saturated heterocycles. The third kappa shape index (κ3) is 4.08. The minimum Gasteiger partial charge on any atom is -0.390 e. The lowest BCUT2D eigenvalue weighted by Gasteiger charge is -2.36. The van der Waals surface area contributed by atoms with Crippen LogP contribution < -0.4 is 10.2 Å². The van der Waals surface area contributed by atoms with Crippen LogP contribution in [0.25, 0.3) is 0 Å². The van der Waals surface area contributed by atoms with Crippen molar-refractivity contribution < 1.29 is 5.11 Å². The van der Waals surface area contributed by atoms with E-state index >= 15 is 0 Å². The summed E-state index contributed by atoms with van der Waals surface area (Å²) in [6.45, 7) is 4.37. The average molecular weight is 355 g/mol. The lowest BCUT2D eigenvalue weighted by Crippen LogP contribution is -2.49. The molecule has 2 atom stereocenters. The van der Waals surface area contributed by atoms with Gasteiger partial charge in [0.1, 0.15) is 0 Å². The van der Waals surface area contributed by atoms with Gasteiger partial charge in [-0.05, 0) is 25.3 Å². The van der Waals surface area contributed by atoms with Crippen LogP contribution >= 0.6 is 0 Å². The number of nitrogens with one attached hydrogen (secondary N) is 1. The lowest BCUT2D eigenvalue weighted by atomic mass is 10.0. The molecule has 0 unspecified atom stereocenters. The molecule has 0 aromatic carbocycles. The van der Waals surface area contributed by atoms with Gasteiger partial charge in [0.25, 0.3) is 0 Å². The molecule has 4 heterocycles. The first-order valence-corrected chi connectivity index (χ1v) is 9.28. The van der Waals surface area contributed by atoms with E-state index in [0.717, 1.165) is 44.1 Å².